The molecule has 1 N–H and O–H groups in total. The minimum Gasteiger partial charge on any atom is -0.488 e. The van der Waals surface area contributed by atoms with Crippen molar-refractivity contribution in [1.82, 2.24) is 4.90 Å². The molecule has 7 heteroatoms. The fourth-order valence-corrected chi connectivity index (χ4v) is 4.28. The summed E-state index contributed by atoms with van der Waals surface area (Å²) >= 11 is 6.38. The minimum absolute atomic E-state index is 0.258. The number of aryl methyl sites for hydroxylation is 1. The molecule has 2 aromatic rings. The van der Waals surface area contributed by atoms with Crippen molar-refractivity contribution in [1.29, 1.82) is 0 Å². The molecule has 0 spiro atoms. The highest BCUT2D eigenvalue weighted by Gasteiger charge is 2.39. The van der Waals surface area contributed by atoms with Gasteiger partial charge < -0.3 is 9.84 Å². The molecule has 0 aliphatic carbocycles. The molecule has 0 radical (unpaired) electrons. The summed E-state index contributed by atoms with van der Waals surface area (Å²) in [6, 6.07) is 14.5. The third-order valence-corrected chi connectivity index (χ3v) is 5.86. The van der Waals surface area contributed by atoms with Crippen LogP contribution in [0.2, 0.25) is 0 Å². The molecule has 0 aromatic heterocycles. The number of ether oxygens (including phenoxy) is 1. The van der Waals surface area contributed by atoms with Gasteiger partial charge in [0.25, 0.3) is 5.91 Å². The van der Waals surface area contributed by atoms with Crippen LogP contribution in [0.3, 0.4) is 0 Å². The maximum Gasteiger partial charge on any atom is 0.326 e. The number of amides is 1. The Kier molecular flexibility index (Phi) is 6.71. The Morgan fingerprint density at radius 1 is 1.24 bits per heavy atom. The molecule has 2 aromatic carbocycles. The van der Waals surface area contributed by atoms with Crippen molar-refractivity contribution in [3.05, 3.63) is 70.1 Å². The van der Waals surface area contributed by atoms with Crippen LogP contribution in [-0.2, 0) is 16.2 Å². The molecular formula is C22H21NO4S2. The Morgan fingerprint density at radius 3 is 2.59 bits per heavy atom. The number of thiocarbonyl (C=S) groups is 1. The molecule has 1 atom stereocenters. The van der Waals surface area contributed by atoms with Gasteiger partial charge in [-0.15, -0.1) is 0 Å². The smallest absolute Gasteiger partial charge is 0.326 e. The van der Waals surface area contributed by atoms with Gasteiger partial charge in [0.2, 0.25) is 0 Å². The number of carbonyl (C=O) groups excluding carboxylic acids is 1. The van der Waals surface area contributed by atoms with Crippen molar-refractivity contribution in [2.75, 3.05) is 0 Å². The molecule has 1 amide bonds. The van der Waals surface area contributed by atoms with Crippen LogP contribution in [0.15, 0.2) is 53.4 Å². The fraction of sp³-hybridized carbons (Fsp3) is 0.227. The number of carboxylic acid groups (broad SMARTS) is 1. The topological polar surface area (TPSA) is 66.8 Å². The number of hydrogen-bond acceptors (Lipinski definition) is 5. The average molecular weight is 428 g/mol. The molecule has 5 nitrogen and oxygen atoms in total. The number of rotatable bonds is 7. The SMILES string of the molecule is CCC(C(=O)O)N1C(=O)/C(=C/c2ccccc2OCc2ccc(C)cc2)SC1=S. The highest BCUT2D eigenvalue weighted by molar-refractivity contribution is 8.26. The first-order valence-electron chi connectivity index (χ1n) is 9.18. The molecule has 1 fully saturated rings. The van der Waals surface area contributed by atoms with Crippen molar-refractivity contribution in [3.63, 3.8) is 0 Å². The van der Waals surface area contributed by atoms with Gasteiger partial charge in [0.05, 0.1) is 4.91 Å². The predicted octanol–water partition coefficient (Wildman–Crippen LogP) is 4.64. The minimum atomic E-state index is -1.06. The van der Waals surface area contributed by atoms with E-state index >= 15 is 0 Å². The lowest BCUT2D eigenvalue weighted by atomic mass is 10.1. The van der Waals surface area contributed by atoms with Gasteiger partial charge in [-0.1, -0.05) is 78.9 Å². The van der Waals surface area contributed by atoms with E-state index in [9.17, 15) is 14.7 Å². The number of aliphatic carboxylic acids is 1. The van der Waals surface area contributed by atoms with Crippen LogP contribution in [0, 0.1) is 6.92 Å². The van der Waals surface area contributed by atoms with Gasteiger partial charge in [-0.05, 0) is 31.1 Å². The van der Waals surface area contributed by atoms with Crippen LogP contribution < -0.4 is 4.74 Å². The second-order valence-electron chi connectivity index (χ2n) is 6.63. The highest BCUT2D eigenvalue weighted by Crippen LogP contribution is 2.36. The normalized spacial score (nSPS) is 16.3. The van der Waals surface area contributed by atoms with Crippen LogP contribution in [0.1, 0.15) is 30.0 Å². The van der Waals surface area contributed by atoms with E-state index in [-0.39, 0.29) is 16.6 Å². The molecule has 1 aliphatic rings. The lowest BCUT2D eigenvalue weighted by molar-refractivity contribution is -0.145. The monoisotopic (exact) mass is 427 g/mol. The van der Waals surface area contributed by atoms with Crippen LogP contribution >= 0.6 is 24.0 Å². The number of nitrogens with zero attached hydrogens (tertiary/aromatic N) is 1. The molecule has 3 rings (SSSR count). The highest BCUT2D eigenvalue weighted by atomic mass is 32.2. The average Bonchev–Trinajstić information content (AvgIpc) is 2.97. The van der Waals surface area contributed by atoms with E-state index in [1.54, 1.807) is 13.0 Å². The number of carboxylic acids is 1. The lowest BCUT2D eigenvalue weighted by Crippen LogP contribution is -2.43. The maximum atomic E-state index is 12.8. The quantitative estimate of drug-likeness (QED) is 0.513. The molecule has 150 valence electrons. The zero-order valence-corrected chi connectivity index (χ0v) is 17.8. The number of thioether (sulfide) groups is 1. The van der Waals surface area contributed by atoms with Crippen molar-refractivity contribution >= 4 is 46.3 Å². The summed E-state index contributed by atoms with van der Waals surface area (Å²) in [7, 11) is 0. The first-order chi connectivity index (χ1) is 13.9. The van der Waals surface area contributed by atoms with Crippen LogP contribution in [0.5, 0.6) is 5.75 Å². The van der Waals surface area contributed by atoms with Gasteiger partial charge in [0.1, 0.15) is 22.7 Å². The van der Waals surface area contributed by atoms with Crippen molar-refractivity contribution in [3.8, 4) is 5.75 Å². The molecule has 1 saturated heterocycles. The van der Waals surface area contributed by atoms with Crippen LogP contribution in [-0.4, -0.2) is 32.2 Å². The number of para-hydroxylation sites is 1. The van der Waals surface area contributed by atoms with Gasteiger partial charge >= 0.3 is 5.97 Å². The summed E-state index contributed by atoms with van der Waals surface area (Å²) in [5, 5.41) is 9.38. The van der Waals surface area contributed by atoms with Crippen molar-refractivity contribution in [2.24, 2.45) is 0 Å². The Morgan fingerprint density at radius 2 is 1.93 bits per heavy atom. The second-order valence-corrected chi connectivity index (χ2v) is 8.30. The van der Waals surface area contributed by atoms with Crippen LogP contribution in [0.25, 0.3) is 6.08 Å². The summed E-state index contributed by atoms with van der Waals surface area (Å²) < 4.78 is 6.22. The van der Waals surface area contributed by atoms with Gasteiger partial charge in [-0.2, -0.15) is 0 Å². The number of hydrogen-bond donors (Lipinski definition) is 1. The Labute approximate surface area is 179 Å². The third-order valence-electron chi connectivity index (χ3n) is 4.53. The van der Waals surface area contributed by atoms with E-state index in [1.165, 1.54) is 10.5 Å². The van der Waals surface area contributed by atoms with Crippen molar-refractivity contribution < 1.29 is 19.4 Å². The number of benzene rings is 2. The summed E-state index contributed by atoms with van der Waals surface area (Å²) in [5.74, 6) is -0.807. The zero-order chi connectivity index (χ0) is 21.0. The first kappa shape index (κ1) is 21.1. The molecule has 1 unspecified atom stereocenters. The standard InChI is InChI=1S/C22H21NO4S2/c1-3-17(21(25)26)23-20(24)19(29-22(23)28)12-16-6-4-5-7-18(16)27-13-15-10-8-14(2)9-11-15/h4-12,17H,3,13H2,1-2H3,(H,25,26)/b19-12-. The maximum absolute atomic E-state index is 12.8. The Bertz CT molecular complexity index is 969. The summed E-state index contributed by atoms with van der Waals surface area (Å²) in [6.45, 7) is 4.15. The zero-order valence-electron chi connectivity index (χ0n) is 16.1. The Balaban J connectivity index is 1.81. The Hall–Kier alpha value is -2.64. The van der Waals surface area contributed by atoms with E-state index < -0.39 is 12.0 Å². The second kappa shape index (κ2) is 9.24. The fourth-order valence-electron chi connectivity index (χ4n) is 2.93. The van der Waals surface area contributed by atoms with E-state index in [2.05, 4.69) is 0 Å². The van der Waals surface area contributed by atoms with E-state index in [1.807, 2.05) is 55.5 Å². The lowest BCUT2D eigenvalue weighted by Gasteiger charge is -2.21. The molecule has 29 heavy (non-hydrogen) atoms. The van der Waals surface area contributed by atoms with Crippen molar-refractivity contribution in [2.45, 2.75) is 32.9 Å². The largest absolute Gasteiger partial charge is 0.488 e. The molecular weight excluding hydrogens is 406 g/mol. The summed E-state index contributed by atoms with van der Waals surface area (Å²) in [4.78, 5) is 25.8. The van der Waals surface area contributed by atoms with Gasteiger partial charge in [-0.3, -0.25) is 9.69 Å². The van der Waals surface area contributed by atoms with Crippen LogP contribution in [0.4, 0.5) is 0 Å². The van der Waals surface area contributed by atoms with E-state index in [0.717, 1.165) is 22.9 Å². The summed E-state index contributed by atoms with van der Waals surface area (Å²) in [5.41, 5.74) is 2.97. The van der Waals surface area contributed by atoms with Gasteiger partial charge in [-0.25, -0.2) is 4.79 Å². The molecule has 1 heterocycles. The molecule has 0 bridgehead atoms. The predicted molar refractivity (Wildman–Crippen MR) is 119 cm³/mol. The third kappa shape index (κ3) is 4.86. The number of carbonyl (C=O) groups is 2. The van der Waals surface area contributed by atoms with E-state index in [4.69, 9.17) is 17.0 Å². The molecule has 0 saturated carbocycles. The molecule has 1 aliphatic heterocycles. The van der Waals surface area contributed by atoms with Gasteiger partial charge in [0.15, 0.2) is 0 Å². The van der Waals surface area contributed by atoms with Gasteiger partial charge in [0, 0.05) is 5.56 Å². The summed E-state index contributed by atoms with van der Waals surface area (Å²) in [6.07, 6.45) is 1.99. The first-order valence-corrected chi connectivity index (χ1v) is 10.4. The van der Waals surface area contributed by atoms with E-state index in [0.29, 0.717) is 17.3 Å².